The standard InChI is InChI=1S/C25H28N4O6S/c1-14(2)10-17-12-19(8-9-29(17)25(32)33)35-23-15(3)22(26-13-27-23)34-18-6-4-16(5-7-18)11-20-21(30)28-24(31)36-20/h4-7,11,13-14,17,19H,8-10,12H2,1-3H3,(H,32,33)(H,28,30,31). The molecule has 0 bridgehead atoms. The SMILES string of the molecule is Cc1c(Oc2ccc(C=C3SC(=O)NC3=O)cc2)ncnc1OC1CCN(C(=O)O)C(CC(C)C)C1. The molecular weight excluding hydrogens is 484 g/mol. The molecule has 2 aromatic rings. The second-order valence-electron chi connectivity index (χ2n) is 9.16. The summed E-state index contributed by atoms with van der Waals surface area (Å²) in [4.78, 5) is 45.0. The molecule has 2 aliphatic rings. The van der Waals surface area contributed by atoms with Crippen LogP contribution in [0.5, 0.6) is 17.5 Å². The third-order valence-corrected chi connectivity index (χ3v) is 6.77. The van der Waals surface area contributed by atoms with Crippen molar-refractivity contribution in [1.82, 2.24) is 20.2 Å². The molecule has 36 heavy (non-hydrogen) atoms. The van der Waals surface area contributed by atoms with E-state index in [1.807, 2.05) is 6.92 Å². The molecule has 4 rings (SSSR count). The molecule has 0 radical (unpaired) electrons. The third kappa shape index (κ3) is 6.14. The van der Waals surface area contributed by atoms with E-state index >= 15 is 0 Å². The van der Waals surface area contributed by atoms with Gasteiger partial charge in [-0.2, -0.15) is 0 Å². The van der Waals surface area contributed by atoms with Crippen molar-refractivity contribution in [2.75, 3.05) is 6.54 Å². The van der Waals surface area contributed by atoms with Crippen molar-refractivity contribution < 1.29 is 29.0 Å². The van der Waals surface area contributed by atoms with E-state index < -0.39 is 12.0 Å². The molecular formula is C25H28N4O6S. The highest BCUT2D eigenvalue weighted by Crippen LogP contribution is 2.32. The zero-order valence-electron chi connectivity index (χ0n) is 20.3. The lowest BCUT2D eigenvalue weighted by Gasteiger charge is -2.38. The number of rotatable bonds is 7. The van der Waals surface area contributed by atoms with Gasteiger partial charge >= 0.3 is 6.09 Å². The van der Waals surface area contributed by atoms with Crippen molar-refractivity contribution in [3.8, 4) is 17.5 Å². The van der Waals surface area contributed by atoms with Gasteiger partial charge in [0.15, 0.2) is 0 Å². The summed E-state index contributed by atoms with van der Waals surface area (Å²) in [5, 5.41) is 11.4. The number of ether oxygens (including phenoxy) is 2. The molecule has 0 saturated carbocycles. The Labute approximate surface area is 213 Å². The molecule has 11 heteroatoms. The summed E-state index contributed by atoms with van der Waals surface area (Å²) in [5.41, 5.74) is 1.39. The van der Waals surface area contributed by atoms with E-state index in [1.165, 1.54) is 11.2 Å². The Hall–Kier alpha value is -3.60. The minimum Gasteiger partial charge on any atom is -0.474 e. The number of nitrogens with zero attached hydrogens (tertiary/aromatic N) is 3. The topological polar surface area (TPSA) is 131 Å². The monoisotopic (exact) mass is 512 g/mol. The lowest BCUT2D eigenvalue weighted by atomic mass is 9.92. The minimum absolute atomic E-state index is 0.0978. The van der Waals surface area contributed by atoms with Gasteiger partial charge in [0.1, 0.15) is 18.2 Å². The molecule has 2 aliphatic heterocycles. The van der Waals surface area contributed by atoms with Gasteiger partial charge in [0.05, 0.1) is 10.5 Å². The van der Waals surface area contributed by atoms with Gasteiger partial charge in [0.25, 0.3) is 11.1 Å². The van der Waals surface area contributed by atoms with Gasteiger partial charge < -0.3 is 19.5 Å². The summed E-state index contributed by atoms with van der Waals surface area (Å²) in [7, 11) is 0. The number of thioether (sulfide) groups is 1. The summed E-state index contributed by atoms with van der Waals surface area (Å²) in [6, 6.07) is 6.94. The summed E-state index contributed by atoms with van der Waals surface area (Å²) < 4.78 is 12.1. The lowest BCUT2D eigenvalue weighted by molar-refractivity contribution is -0.115. The highest BCUT2D eigenvalue weighted by atomic mass is 32.2. The molecule has 3 heterocycles. The van der Waals surface area contributed by atoms with E-state index in [9.17, 15) is 19.5 Å². The first-order valence-electron chi connectivity index (χ1n) is 11.7. The number of aromatic nitrogens is 2. The molecule has 2 saturated heterocycles. The largest absolute Gasteiger partial charge is 0.474 e. The first kappa shape index (κ1) is 25.5. The van der Waals surface area contributed by atoms with Crippen molar-refractivity contribution in [3.05, 3.63) is 46.6 Å². The number of amides is 3. The van der Waals surface area contributed by atoms with Crippen LogP contribution in [-0.2, 0) is 4.79 Å². The average molecular weight is 513 g/mol. The Morgan fingerprint density at radius 3 is 2.61 bits per heavy atom. The van der Waals surface area contributed by atoms with Gasteiger partial charge in [-0.15, -0.1) is 0 Å². The molecule has 1 aromatic heterocycles. The first-order valence-corrected chi connectivity index (χ1v) is 12.5. The number of carbonyl (C=O) groups excluding carboxylic acids is 2. The van der Waals surface area contributed by atoms with E-state index in [4.69, 9.17) is 9.47 Å². The number of hydrogen-bond donors (Lipinski definition) is 2. The van der Waals surface area contributed by atoms with E-state index in [2.05, 4.69) is 29.1 Å². The van der Waals surface area contributed by atoms with Gasteiger partial charge in [-0.1, -0.05) is 26.0 Å². The maximum Gasteiger partial charge on any atom is 0.407 e. The molecule has 1 aromatic carbocycles. The van der Waals surface area contributed by atoms with Crippen LogP contribution < -0.4 is 14.8 Å². The normalized spacial score (nSPS) is 21.1. The van der Waals surface area contributed by atoms with Crippen LogP contribution in [-0.4, -0.2) is 55.9 Å². The Morgan fingerprint density at radius 2 is 1.97 bits per heavy atom. The van der Waals surface area contributed by atoms with Crippen molar-refractivity contribution in [2.45, 2.75) is 52.2 Å². The van der Waals surface area contributed by atoms with Crippen LogP contribution in [0.4, 0.5) is 9.59 Å². The van der Waals surface area contributed by atoms with E-state index in [0.29, 0.717) is 53.3 Å². The summed E-state index contributed by atoms with van der Waals surface area (Å²) >= 11 is 0.865. The van der Waals surface area contributed by atoms with E-state index in [0.717, 1.165) is 23.7 Å². The van der Waals surface area contributed by atoms with Crippen LogP contribution in [0.2, 0.25) is 0 Å². The predicted molar refractivity (Wildman–Crippen MR) is 134 cm³/mol. The Kier molecular flexibility index (Phi) is 7.78. The second kappa shape index (κ2) is 11.0. The highest BCUT2D eigenvalue weighted by molar-refractivity contribution is 8.18. The minimum atomic E-state index is -0.894. The molecule has 3 amide bonds. The number of nitrogens with one attached hydrogen (secondary N) is 1. The zero-order chi connectivity index (χ0) is 25.8. The molecule has 10 nitrogen and oxygen atoms in total. The van der Waals surface area contributed by atoms with Crippen LogP contribution in [0.25, 0.3) is 6.08 Å². The molecule has 2 N–H and O–H groups in total. The van der Waals surface area contributed by atoms with Gasteiger partial charge in [-0.3, -0.25) is 14.9 Å². The number of carbonyl (C=O) groups is 3. The van der Waals surface area contributed by atoms with Gasteiger partial charge in [-0.05, 0) is 54.8 Å². The van der Waals surface area contributed by atoms with E-state index in [-0.39, 0.29) is 17.4 Å². The second-order valence-corrected chi connectivity index (χ2v) is 10.2. The summed E-state index contributed by atoms with van der Waals surface area (Å²) in [6.45, 7) is 6.39. The fraction of sp³-hybridized carbons (Fsp3) is 0.400. The van der Waals surface area contributed by atoms with Crippen molar-refractivity contribution in [1.29, 1.82) is 0 Å². The zero-order valence-corrected chi connectivity index (χ0v) is 21.1. The number of likely N-dealkylation sites (tertiary alicyclic amines) is 1. The Morgan fingerprint density at radius 1 is 1.25 bits per heavy atom. The number of imide groups is 1. The third-order valence-electron chi connectivity index (χ3n) is 5.96. The Bertz CT molecular complexity index is 1180. The molecule has 2 atom stereocenters. The number of piperidine rings is 1. The van der Waals surface area contributed by atoms with Crippen molar-refractivity contribution in [2.24, 2.45) is 5.92 Å². The van der Waals surface area contributed by atoms with Crippen LogP contribution in [0.3, 0.4) is 0 Å². The predicted octanol–water partition coefficient (Wildman–Crippen LogP) is 4.84. The van der Waals surface area contributed by atoms with Crippen LogP contribution in [0, 0.1) is 12.8 Å². The first-order chi connectivity index (χ1) is 17.2. The molecule has 2 unspecified atom stereocenters. The number of carboxylic acid groups (broad SMARTS) is 1. The highest BCUT2D eigenvalue weighted by Gasteiger charge is 2.33. The van der Waals surface area contributed by atoms with Crippen LogP contribution >= 0.6 is 11.8 Å². The molecule has 0 spiro atoms. The maximum atomic E-state index is 11.7. The Balaban J connectivity index is 1.42. The molecule has 190 valence electrons. The number of benzene rings is 1. The quantitative estimate of drug-likeness (QED) is 0.500. The van der Waals surface area contributed by atoms with Crippen LogP contribution in [0.15, 0.2) is 35.5 Å². The molecule has 2 fully saturated rings. The van der Waals surface area contributed by atoms with Crippen LogP contribution in [0.1, 0.15) is 44.2 Å². The smallest absolute Gasteiger partial charge is 0.407 e. The fourth-order valence-corrected chi connectivity index (χ4v) is 4.94. The van der Waals surface area contributed by atoms with Gasteiger partial charge in [-0.25, -0.2) is 14.8 Å². The lowest BCUT2D eigenvalue weighted by Crippen LogP contribution is -2.48. The maximum absolute atomic E-state index is 11.7. The van der Waals surface area contributed by atoms with Gasteiger partial charge in [0, 0.05) is 25.4 Å². The molecule has 0 aliphatic carbocycles. The van der Waals surface area contributed by atoms with Crippen molar-refractivity contribution in [3.63, 3.8) is 0 Å². The fourth-order valence-electron chi connectivity index (χ4n) is 4.26. The van der Waals surface area contributed by atoms with Crippen molar-refractivity contribution >= 4 is 35.1 Å². The van der Waals surface area contributed by atoms with E-state index in [1.54, 1.807) is 30.3 Å². The van der Waals surface area contributed by atoms with Gasteiger partial charge in [0.2, 0.25) is 11.8 Å². The summed E-state index contributed by atoms with van der Waals surface area (Å²) in [5.74, 6) is 1.27. The number of hydrogen-bond acceptors (Lipinski definition) is 8. The average Bonchev–Trinajstić information content (AvgIpc) is 3.13. The summed E-state index contributed by atoms with van der Waals surface area (Å²) in [6.07, 6.45) is 3.92.